The van der Waals surface area contributed by atoms with Gasteiger partial charge in [-0.25, -0.2) is 0 Å². The number of thioether (sulfide) groups is 1. The Balaban J connectivity index is 1.76. The maximum absolute atomic E-state index is 12.8. The standard InChI is InChI=1S/C20H19N3O3S/c1-14(24)23-13-18(26-17-9-4-3-8-16(17)23)20(25)22-15-7-2-5-10-19(15)27-12-6-11-21/h2-5,7-10,18H,6,12-13H2,1H3,(H,22,25)/t18-/m1/s1. The first-order valence-electron chi connectivity index (χ1n) is 8.53. The van der Waals surface area contributed by atoms with Gasteiger partial charge in [-0.1, -0.05) is 24.3 Å². The number of benzene rings is 2. The number of nitrogens with zero attached hydrogens (tertiary/aromatic N) is 2. The van der Waals surface area contributed by atoms with Gasteiger partial charge in [0.15, 0.2) is 6.10 Å². The van der Waals surface area contributed by atoms with Crippen LogP contribution in [0.5, 0.6) is 5.75 Å². The van der Waals surface area contributed by atoms with Crippen molar-refractivity contribution in [1.82, 2.24) is 0 Å². The summed E-state index contributed by atoms with van der Waals surface area (Å²) in [4.78, 5) is 27.2. The van der Waals surface area contributed by atoms with E-state index in [0.717, 1.165) is 4.90 Å². The zero-order valence-electron chi connectivity index (χ0n) is 14.8. The van der Waals surface area contributed by atoms with Gasteiger partial charge in [0.2, 0.25) is 5.91 Å². The van der Waals surface area contributed by atoms with E-state index < -0.39 is 6.10 Å². The van der Waals surface area contributed by atoms with Crippen LogP contribution in [0.4, 0.5) is 11.4 Å². The van der Waals surface area contributed by atoms with E-state index in [1.165, 1.54) is 18.7 Å². The highest BCUT2D eigenvalue weighted by molar-refractivity contribution is 7.99. The largest absolute Gasteiger partial charge is 0.476 e. The van der Waals surface area contributed by atoms with Crippen LogP contribution < -0.4 is 15.0 Å². The lowest BCUT2D eigenvalue weighted by Crippen LogP contribution is -2.48. The molecule has 138 valence electrons. The van der Waals surface area contributed by atoms with E-state index >= 15 is 0 Å². The van der Waals surface area contributed by atoms with Gasteiger partial charge in [0, 0.05) is 24.0 Å². The molecule has 3 rings (SSSR count). The average molecular weight is 381 g/mol. The number of fused-ring (bicyclic) bond motifs is 1. The van der Waals surface area contributed by atoms with Crippen LogP contribution in [0, 0.1) is 11.3 Å². The monoisotopic (exact) mass is 381 g/mol. The van der Waals surface area contributed by atoms with Crippen LogP contribution in [-0.2, 0) is 9.59 Å². The Morgan fingerprint density at radius 1 is 1.26 bits per heavy atom. The van der Waals surface area contributed by atoms with Crippen molar-refractivity contribution < 1.29 is 14.3 Å². The van der Waals surface area contributed by atoms with E-state index in [4.69, 9.17) is 10.00 Å². The summed E-state index contributed by atoms with van der Waals surface area (Å²) >= 11 is 1.51. The molecular formula is C20H19N3O3S. The lowest BCUT2D eigenvalue weighted by molar-refractivity contribution is -0.123. The van der Waals surface area contributed by atoms with Crippen molar-refractivity contribution in [2.45, 2.75) is 24.3 Å². The third kappa shape index (κ3) is 4.41. The number of nitrogens with one attached hydrogen (secondary N) is 1. The van der Waals surface area contributed by atoms with Crippen molar-refractivity contribution in [3.63, 3.8) is 0 Å². The van der Waals surface area contributed by atoms with Crippen LogP contribution in [0.15, 0.2) is 53.4 Å². The van der Waals surface area contributed by atoms with Gasteiger partial charge >= 0.3 is 0 Å². The van der Waals surface area contributed by atoms with E-state index in [1.807, 2.05) is 30.3 Å². The Labute approximate surface area is 162 Å². The van der Waals surface area contributed by atoms with Crippen molar-refractivity contribution >= 4 is 35.0 Å². The van der Waals surface area contributed by atoms with Crippen LogP contribution in [-0.4, -0.2) is 30.2 Å². The molecule has 0 fully saturated rings. The molecule has 1 N–H and O–H groups in total. The predicted octanol–water partition coefficient (Wildman–Crippen LogP) is 3.44. The number of hydrogen-bond donors (Lipinski definition) is 1. The molecule has 0 bridgehead atoms. The first kappa shape index (κ1) is 18.8. The third-order valence-corrected chi connectivity index (χ3v) is 5.14. The molecule has 0 aromatic heterocycles. The fourth-order valence-electron chi connectivity index (χ4n) is 2.78. The SMILES string of the molecule is CC(=O)N1C[C@H](C(=O)Nc2ccccc2SCCC#N)Oc2ccccc21. The highest BCUT2D eigenvalue weighted by Gasteiger charge is 2.32. The molecule has 0 saturated heterocycles. The first-order chi connectivity index (χ1) is 13.1. The Morgan fingerprint density at radius 3 is 2.78 bits per heavy atom. The Kier molecular flexibility index (Phi) is 5.99. The molecule has 1 aliphatic heterocycles. The number of ether oxygens (including phenoxy) is 1. The van der Waals surface area contributed by atoms with Crippen LogP contribution >= 0.6 is 11.8 Å². The Morgan fingerprint density at radius 2 is 2.00 bits per heavy atom. The van der Waals surface area contributed by atoms with E-state index in [0.29, 0.717) is 29.3 Å². The summed E-state index contributed by atoms with van der Waals surface area (Å²) in [6, 6.07) is 16.7. The summed E-state index contributed by atoms with van der Waals surface area (Å²) in [6.07, 6.45) is -0.371. The average Bonchev–Trinajstić information content (AvgIpc) is 2.68. The molecule has 2 aromatic carbocycles. The molecule has 0 aliphatic carbocycles. The zero-order valence-corrected chi connectivity index (χ0v) is 15.7. The van der Waals surface area contributed by atoms with Crippen LogP contribution in [0.2, 0.25) is 0 Å². The van der Waals surface area contributed by atoms with Crippen LogP contribution in [0.25, 0.3) is 0 Å². The van der Waals surface area contributed by atoms with E-state index in [2.05, 4.69) is 11.4 Å². The van der Waals surface area contributed by atoms with E-state index in [1.54, 1.807) is 23.1 Å². The summed E-state index contributed by atoms with van der Waals surface area (Å²) in [5.41, 5.74) is 1.34. The summed E-state index contributed by atoms with van der Waals surface area (Å²) in [5, 5.41) is 11.6. The lowest BCUT2D eigenvalue weighted by Gasteiger charge is -2.33. The van der Waals surface area contributed by atoms with Gasteiger partial charge in [-0.15, -0.1) is 11.8 Å². The second kappa shape index (κ2) is 8.60. The molecule has 1 aliphatic rings. The summed E-state index contributed by atoms with van der Waals surface area (Å²) in [5.74, 6) is 0.699. The van der Waals surface area contributed by atoms with Crippen LogP contribution in [0.1, 0.15) is 13.3 Å². The van der Waals surface area contributed by atoms with Gasteiger partial charge < -0.3 is 15.0 Å². The van der Waals surface area contributed by atoms with Crippen molar-refractivity contribution in [3.8, 4) is 11.8 Å². The van der Waals surface area contributed by atoms with Gasteiger partial charge in [0.1, 0.15) is 5.75 Å². The first-order valence-corrected chi connectivity index (χ1v) is 9.52. The van der Waals surface area contributed by atoms with Crippen molar-refractivity contribution in [3.05, 3.63) is 48.5 Å². The van der Waals surface area contributed by atoms with Gasteiger partial charge in [-0.3, -0.25) is 9.59 Å². The maximum Gasteiger partial charge on any atom is 0.267 e. The number of hydrogen-bond acceptors (Lipinski definition) is 5. The molecule has 1 heterocycles. The van der Waals surface area contributed by atoms with Crippen LogP contribution in [0.3, 0.4) is 0 Å². The van der Waals surface area contributed by atoms with E-state index in [-0.39, 0.29) is 18.4 Å². The number of carbonyl (C=O) groups is 2. The second-order valence-corrected chi connectivity index (χ2v) is 7.08. The molecular weight excluding hydrogens is 362 g/mol. The Hall–Kier alpha value is -2.98. The van der Waals surface area contributed by atoms with E-state index in [9.17, 15) is 9.59 Å². The fourth-order valence-corrected chi connectivity index (χ4v) is 3.65. The number of amides is 2. The molecule has 0 spiro atoms. The lowest BCUT2D eigenvalue weighted by atomic mass is 10.1. The summed E-state index contributed by atoms with van der Waals surface area (Å²) in [6.45, 7) is 1.63. The molecule has 6 nitrogen and oxygen atoms in total. The molecule has 0 radical (unpaired) electrons. The highest BCUT2D eigenvalue weighted by Crippen LogP contribution is 2.34. The molecule has 1 atom stereocenters. The normalized spacial score (nSPS) is 15.3. The van der Waals surface area contributed by atoms with Crippen molar-refractivity contribution in [2.75, 3.05) is 22.5 Å². The third-order valence-electron chi connectivity index (χ3n) is 4.06. The molecule has 0 unspecified atom stereocenters. The van der Waals surface area contributed by atoms with Gasteiger partial charge in [-0.2, -0.15) is 5.26 Å². The predicted molar refractivity (Wildman–Crippen MR) is 105 cm³/mol. The summed E-state index contributed by atoms with van der Waals surface area (Å²) < 4.78 is 5.83. The topological polar surface area (TPSA) is 82.4 Å². The number of carbonyl (C=O) groups excluding carboxylic acids is 2. The second-order valence-electron chi connectivity index (χ2n) is 5.95. The number of nitriles is 1. The van der Waals surface area contributed by atoms with Gasteiger partial charge in [0.05, 0.1) is 24.0 Å². The van der Waals surface area contributed by atoms with Crippen molar-refractivity contribution in [2.24, 2.45) is 0 Å². The minimum Gasteiger partial charge on any atom is -0.476 e. The molecule has 7 heteroatoms. The minimum atomic E-state index is -0.805. The minimum absolute atomic E-state index is 0.143. The van der Waals surface area contributed by atoms with Gasteiger partial charge in [-0.05, 0) is 24.3 Å². The number of para-hydroxylation sites is 3. The van der Waals surface area contributed by atoms with Gasteiger partial charge in [0.25, 0.3) is 5.91 Å². The van der Waals surface area contributed by atoms with Crippen molar-refractivity contribution in [1.29, 1.82) is 5.26 Å². The zero-order chi connectivity index (χ0) is 19.2. The highest BCUT2D eigenvalue weighted by atomic mass is 32.2. The molecule has 2 amide bonds. The maximum atomic E-state index is 12.8. The Bertz CT molecular complexity index is 894. The summed E-state index contributed by atoms with van der Waals surface area (Å²) in [7, 11) is 0. The molecule has 0 saturated carbocycles. The molecule has 27 heavy (non-hydrogen) atoms. The smallest absolute Gasteiger partial charge is 0.267 e. The number of anilines is 2. The quantitative estimate of drug-likeness (QED) is 0.634. The fraction of sp³-hybridized carbons (Fsp3) is 0.250. The number of rotatable bonds is 5. The molecule has 2 aromatic rings.